The monoisotopic (exact) mass is 348 g/mol. The van der Waals surface area contributed by atoms with Gasteiger partial charge in [-0.2, -0.15) is 0 Å². The van der Waals surface area contributed by atoms with Crippen LogP contribution in [0.25, 0.3) is 10.1 Å². The summed E-state index contributed by atoms with van der Waals surface area (Å²) in [6, 6.07) is 10.2. The van der Waals surface area contributed by atoms with Crippen LogP contribution < -0.4 is 16.0 Å². The van der Waals surface area contributed by atoms with Crippen molar-refractivity contribution in [3.63, 3.8) is 0 Å². The van der Waals surface area contributed by atoms with Gasteiger partial charge in [-0.15, -0.1) is 11.3 Å². The van der Waals surface area contributed by atoms with E-state index in [1.54, 1.807) is 18.4 Å². The molecule has 1 unspecified atom stereocenters. The molecule has 1 heterocycles. The van der Waals surface area contributed by atoms with Crippen LogP contribution in [-0.2, 0) is 0 Å². The van der Waals surface area contributed by atoms with Gasteiger partial charge in [0.1, 0.15) is 6.10 Å². The first-order chi connectivity index (χ1) is 11.4. The molecule has 0 bridgehead atoms. The Morgan fingerprint density at radius 3 is 2.62 bits per heavy atom. The predicted molar refractivity (Wildman–Crippen MR) is 104 cm³/mol. The second-order valence-electron chi connectivity index (χ2n) is 6.76. The van der Waals surface area contributed by atoms with Gasteiger partial charge in [0.25, 0.3) is 0 Å². The van der Waals surface area contributed by atoms with Crippen LogP contribution >= 0.6 is 11.3 Å². The van der Waals surface area contributed by atoms with Gasteiger partial charge >= 0.3 is 0 Å². The highest BCUT2D eigenvalue weighted by molar-refractivity contribution is 7.19. The summed E-state index contributed by atoms with van der Waals surface area (Å²) in [5.74, 6) is 0.700. The number of fused-ring (bicyclic) bond motifs is 1. The average Bonchev–Trinajstić information content (AvgIpc) is 2.97. The number of aliphatic imine (C=N–C) groups is 1. The van der Waals surface area contributed by atoms with E-state index >= 15 is 0 Å². The predicted octanol–water partition coefficient (Wildman–Crippen LogP) is 2.49. The lowest BCUT2D eigenvalue weighted by Crippen LogP contribution is -2.45. The van der Waals surface area contributed by atoms with Crippen molar-refractivity contribution in [3.05, 3.63) is 35.2 Å². The van der Waals surface area contributed by atoms with Gasteiger partial charge < -0.3 is 21.1 Å². The standard InChI is InChI=1S/C18H28N4OS/c1-18(2,3)22-10-9-20-17(19-4)21-12-14(23)16-11-13-7-5-6-8-15(13)24-16/h5-8,11,14,22-23H,9-10,12H2,1-4H3,(H2,19,20,21). The smallest absolute Gasteiger partial charge is 0.191 e. The normalized spacial score (nSPS) is 14.0. The first kappa shape index (κ1) is 18.7. The molecule has 0 spiro atoms. The summed E-state index contributed by atoms with van der Waals surface area (Å²) in [5.41, 5.74) is 0.107. The lowest BCUT2D eigenvalue weighted by Gasteiger charge is -2.21. The van der Waals surface area contributed by atoms with Gasteiger partial charge in [0.15, 0.2) is 5.96 Å². The number of nitrogens with one attached hydrogen (secondary N) is 3. The summed E-state index contributed by atoms with van der Waals surface area (Å²) in [6.45, 7) is 8.47. The zero-order valence-corrected chi connectivity index (χ0v) is 15.7. The molecular formula is C18H28N4OS. The van der Waals surface area contributed by atoms with Crippen molar-refractivity contribution >= 4 is 27.4 Å². The lowest BCUT2D eigenvalue weighted by molar-refractivity contribution is 0.184. The maximum Gasteiger partial charge on any atom is 0.191 e. The van der Waals surface area contributed by atoms with Crippen molar-refractivity contribution in [3.8, 4) is 0 Å². The molecule has 1 atom stereocenters. The SMILES string of the molecule is CN=C(NCCNC(C)(C)C)NCC(O)c1cc2ccccc2s1. The van der Waals surface area contributed by atoms with Crippen molar-refractivity contribution in [2.24, 2.45) is 4.99 Å². The number of hydrogen-bond acceptors (Lipinski definition) is 4. The summed E-state index contributed by atoms with van der Waals surface area (Å²) in [6.07, 6.45) is -0.548. The van der Waals surface area contributed by atoms with Crippen LogP contribution in [0.4, 0.5) is 0 Å². The molecule has 6 heteroatoms. The third-order valence-corrected chi connectivity index (χ3v) is 4.75. The summed E-state index contributed by atoms with van der Waals surface area (Å²) >= 11 is 1.63. The van der Waals surface area contributed by atoms with Gasteiger partial charge in [-0.1, -0.05) is 18.2 Å². The van der Waals surface area contributed by atoms with E-state index in [2.05, 4.69) is 59.9 Å². The van der Waals surface area contributed by atoms with Gasteiger partial charge in [0.05, 0.1) is 0 Å². The fourth-order valence-corrected chi connectivity index (χ4v) is 3.35. The largest absolute Gasteiger partial charge is 0.386 e. The Morgan fingerprint density at radius 2 is 1.96 bits per heavy atom. The van der Waals surface area contributed by atoms with E-state index in [9.17, 15) is 5.11 Å². The molecule has 132 valence electrons. The van der Waals surface area contributed by atoms with E-state index in [4.69, 9.17) is 0 Å². The van der Waals surface area contributed by atoms with Crippen molar-refractivity contribution in [1.82, 2.24) is 16.0 Å². The van der Waals surface area contributed by atoms with E-state index in [-0.39, 0.29) is 5.54 Å². The van der Waals surface area contributed by atoms with Crippen LogP contribution in [0.5, 0.6) is 0 Å². The first-order valence-electron chi connectivity index (χ1n) is 8.25. The highest BCUT2D eigenvalue weighted by Gasteiger charge is 2.12. The summed E-state index contributed by atoms with van der Waals surface area (Å²) < 4.78 is 1.20. The maximum atomic E-state index is 10.4. The summed E-state index contributed by atoms with van der Waals surface area (Å²) in [5, 5.41) is 21.4. The fourth-order valence-electron chi connectivity index (χ4n) is 2.30. The van der Waals surface area contributed by atoms with Gasteiger partial charge in [0.2, 0.25) is 0 Å². The number of hydrogen-bond donors (Lipinski definition) is 4. The molecule has 0 aliphatic rings. The molecule has 5 nitrogen and oxygen atoms in total. The van der Waals surface area contributed by atoms with Gasteiger partial charge in [-0.05, 0) is 38.3 Å². The Bertz CT molecular complexity index is 642. The van der Waals surface area contributed by atoms with Crippen LogP contribution in [0.1, 0.15) is 31.8 Å². The molecule has 0 saturated heterocycles. The van der Waals surface area contributed by atoms with E-state index in [1.807, 2.05) is 12.1 Å². The Hall–Kier alpha value is -1.63. The number of guanidine groups is 1. The Morgan fingerprint density at radius 1 is 1.21 bits per heavy atom. The van der Waals surface area contributed by atoms with Crippen LogP contribution in [0, 0.1) is 0 Å². The molecule has 1 aromatic carbocycles. The Labute approximate surface area is 148 Å². The average molecular weight is 349 g/mol. The molecule has 0 saturated carbocycles. The number of nitrogens with zero attached hydrogens (tertiary/aromatic N) is 1. The van der Waals surface area contributed by atoms with Gasteiger partial charge in [0, 0.05) is 41.8 Å². The van der Waals surface area contributed by atoms with Crippen molar-refractivity contribution in [2.75, 3.05) is 26.7 Å². The molecule has 0 aliphatic heterocycles. The van der Waals surface area contributed by atoms with Crippen molar-refractivity contribution in [2.45, 2.75) is 32.4 Å². The second kappa shape index (κ2) is 8.46. The highest BCUT2D eigenvalue weighted by Crippen LogP contribution is 2.29. The fraction of sp³-hybridized carbons (Fsp3) is 0.500. The molecule has 24 heavy (non-hydrogen) atoms. The molecule has 0 amide bonds. The molecule has 2 rings (SSSR count). The minimum atomic E-state index is -0.548. The third kappa shape index (κ3) is 5.78. The minimum absolute atomic E-state index is 0.107. The molecule has 2 aromatic rings. The van der Waals surface area contributed by atoms with E-state index < -0.39 is 6.10 Å². The van der Waals surface area contributed by atoms with Crippen LogP contribution in [0.15, 0.2) is 35.3 Å². The van der Waals surface area contributed by atoms with Crippen molar-refractivity contribution in [1.29, 1.82) is 0 Å². The van der Waals surface area contributed by atoms with Crippen LogP contribution in [0.3, 0.4) is 0 Å². The number of rotatable bonds is 6. The molecule has 0 aliphatic carbocycles. The number of aliphatic hydroxyl groups excluding tert-OH is 1. The zero-order chi connectivity index (χ0) is 17.6. The van der Waals surface area contributed by atoms with Gasteiger partial charge in [-0.25, -0.2) is 0 Å². The third-order valence-electron chi connectivity index (χ3n) is 3.53. The Kier molecular flexibility index (Phi) is 6.60. The zero-order valence-electron chi connectivity index (χ0n) is 14.9. The van der Waals surface area contributed by atoms with E-state index in [1.165, 1.54) is 10.1 Å². The highest BCUT2D eigenvalue weighted by atomic mass is 32.1. The van der Waals surface area contributed by atoms with Crippen LogP contribution in [0.2, 0.25) is 0 Å². The maximum absolute atomic E-state index is 10.4. The number of thiophene rings is 1. The molecule has 0 radical (unpaired) electrons. The molecule has 4 N–H and O–H groups in total. The first-order valence-corrected chi connectivity index (χ1v) is 9.07. The number of benzene rings is 1. The summed E-state index contributed by atoms with van der Waals surface area (Å²) in [7, 11) is 1.73. The molecule has 0 fully saturated rings. The van der Waals surface area contributed by atoms with Crippen LogP contribution in [-0.4, -0.2) is 43.3 Å². The second-order valence-corrected chi connectivity index (χ2v) is 7.87. The van der Waals surface area contributed by atoms with Crippen molar-refractivity contribution < 1.29 is 5.11 Å². The number of aliphatic hydroxyl groups is 1. The Balaban J connectivity index is 1.79. The summed E-state index contributed by atoms with van der Waals surface area (Å²) in [4.78, 5) is 5.16. The van der Waals surface area contributed by atoms with E-state index in [0.29, 0.717) is 12.5 Å². The minimum Gasteiger partial charge on any atom is -0.386 e. The topological polar surface area (TPSA) is 68.7 Å². The van der Waals surface area contributed by atoms with E-state index in [0.717, 1.165) is 18.0 Å². The van der Waals surface area contributed by atoms with Gasteiger partial charge in [-0.3, -0.25) is 4.99 Å². The lowest BCUT2D eigenvalue weighted by atomic mass is 10.1. The molecule has 1 aromatic heterocycles. The molecular weight excluding hydrogens is 320 g/mol. The quantitative estimate of drug-likeness (QED) is 0.368.